The molecule has 0 atom stereocenters. The zero-order valence-corrected chi connectivity index (χ0v) is 12.2. The third-order valence-electron chi connectivity index (χ3n) is 3.84. The van der Waals surface area contributed by atoms with Crippen LogP contribution in [0.25, 0.3) is 0 Å². The number of carbonyl (C=O) groups is 1. The van der Waals surface area contributed by atoms with Gasteiger partial charge in [-0.25, -0.2) is 8.42 Å². The number of hydrogen-bond acceptors (Lipinski definition) is 4. The first-order chi connectivity index (χ1) is 10.0. The third-order valence-corrected chi connectivity index (χ3v) is 5.74. The van der Waals surface area contributed by atoms with Gasteiger partial charge in [0.25, 0.3) is 0 Å². The highest BCUT2D eigenvalue weighted by molar-refractivity contribution is 7.89. The molecule has 6 nitrogen and oxygen atoms in total. The SMILES string of the molecule is N#Cc1ccccc1S(=O)(=O)N1CCN(C2CC2)C(=O)C1. The number of nitrogens with zero attached hydrogens (tertiary/aromatic N) is 3. The number of carbonyl (C=O) groups excluding carboxylic acids is 1. The van der Waals surface area contributed by atoms with Crippen molar-refractivity contribution < 1.29 is 13.2 Å². The molecule has 1 aliphatic heterocycles. The molecule has 0 unspecified atom stereocenters. The van der Waals surface area contributed by atoms with Gasteiger partial charge in [0.1, 0.15) is 6.07 Å². The Morgan fingerprint density at radius 3 is 2.52 bits per heavy atom. The maximum Gasteiger partial charge on any atom is 0.244 e. The van der Waals surface area contributed by atoms with Crippen molar-refractivity contribution in [1.29, 1.82) is 5.26 Å². The number of hydrogen-bond donors (Lipinski definition) is 0. The van der Waals surface area contributed by atoms with Crippen LogP contribution in [0.2, 0.25) is 0 Å². The van der Waals surface area contributed by atoms with Crippen molar-refractivity contribution in [3.8, 4) is 6.07 Å². The molecule has 110 valence electrons. The van der Waals surface area contributed by atoms with Crippen molar-refractivity contribution in [3.63, 3.8) is 0 Å². The van der Waals surface area contributed by atoms with E-state index in [0.717, 1.165) is 12.8 Å². The van der Waals surface area contributed by atoms with Gasteiger partial charge >= 0.3 is 0 Å². The molecule has 2 fully saturated rings. The molecule has 7 heteroatoms. The summed E-state index contributed by atoms with van der Waals surface area (Å²) >= 11 is 0. The van der Waals surface area contributed by atoms with E-state index < -0.39 is 10.0 Å². The van der Waals surface area contributed by atoms with E-state index in [-0.39, 0.29) is 29.5 Å². The first-order valence-electron chi connectivity index (χ1n) is 6.83. The first-order valence-corrected chi connectivity index (χ1v) is 8.27. The van der Waals surface area contributed by atoms with Gasteiger partial charge in [0.15, 0.2) is 0 Å². The fourth-order valence-electron chi connectivity index (χ4n) is 2.57. The van der Waals surface area contributed by atoms with Gasteiger partial charge in [0.2, 0.25) is 15.9 Å². The van der Waals surface area contributed by atoms with Crippen molar-refractivity contribution in [2.45, 2.75) is 23.8 Å². The van der Waals surface area contributed by atoms with Crippen LogP contribution < -0.4 is 0 Å². The van der Waals surface area contributed by atoms with Crippen LogP contribution >= 0.6 is 0 Å². The minimum Gasteiger partial charge on any atom is -0.337 e. The van der Waals surface area contributed by atoms with E-state index in [9.17, 15) is 13.2 Å². The Kier molecular flexibility index (Phi) is 3.43. The summed E-state index contributed by atoms with van der Waals surface area (Å²) in [5.41, 5.74) is 0.106. The van der Waals surface area contributed by atoms with Gasteiger partial charge in [0, 0.05) is 19.1 Å². The van der Waals surface area contributed by atoms with Crippen molar-refractivity contribution in [3.05, 3.63) is 29.8 Å². The molecule has 2 aliphatic rings. The number of rotatable bonds is 3. The van der Waals surface area contributed by atoms with Crippen LogP contribution in [-0.4, -0.2) is 49.2 Å². The monoisotopic (exact) mass is 305 g/mol. The molecular weight excluding hydrogens is 290 g/mol. The average Bonchev–Trinajstić information content (AvgIpc) is 3.31. The number of piperazine rings is 1. The lowest BCUT2D eigenvalue weighted by atomic mass is 10.2. The second kappa shape index (κ2) is 5.13. The standard InChI is InChI=1S/C14H15N3O3S/c15-9-11-3-1-2-4-13(11)21(19,20)16-7-8-17(12-5-6-12)14(18)10-16/h1-4,12H,5-8,10H2. The van der Waals surface area contributed by atoms with Gasteiger partial charge in [-0.05, 0) is 25.0 Å². The summed E-state index contributed by atoms with van der Waals surface area (Å²) in [5.74, 6) is -0.151. The first kappa shape index (κ1) is 14.0. The van der Waals surface area contributed by atoms with E-state index in [1.807, 2.05) is 6.07 Å². The summed E-state index contributed by atoms with van der Waals surface area (Å²) in [6.07, 6.45) is 2.02. The Bertz CT molecular complexity index is 719. The van der Waals surface area contributed by atoms with Crippen LogP contribution in [0, 0.1) is 11.3 Å². The summed E-state index contributed by atoms with van der Waals surface area (Å²) in [7, 11) is -3.80. The van der Waals surface area contributed by atoms with Gasteiger partial charge in [0.05, 0.1) is 17.0 Å². The molecule has 0 spiro atoms. The van der Waals surface area contributed by atoms with Crippen LogP contribution in [0.3, 0.4) is 0 Å². The Labute approximate surface area is 123 Å². The molecule has 1 aliphatic carbocycles. The maximum atomic E-state index is 12.6. The fraction of sp³-hybridized carbons (Fsp3) is 0.429. The van der Waals surface area contributed by atoms with Gasteiger partial charge in [-0.3, -0.25) is 4.79 Å². The smallest absolute Gasteiger partial charge is 0.244 e. The predicted molar refractivity (Wildman–Crippen MR) is 74.7 cm³/mol. The maximum absolute atomic E-state index is 12.6. The second-order valence-corrected chi connectivity index (χ2v) is 7.17. The van der Waals surface area contributed by atoms with Crippen molar-refractivity contribution in [2.75, 3.05) is 19.6 Å². The highest BCUT2D eigenvalue weighted by Crippen LogP contribution is 2.29. The average molecular weight is 305 g/mol. The van der Waals surface area contributed by atoms with Crippen LogP contribution in [0.4, 0.5) is 0 Å². The zero-order valence-electron chi connectivity index (χ0n) is 11.4. The molecular formula is C14H15N3O3S. The second-order valence-electron chi connectivity index (χ2n) is 5.26. The molecule has 1 amide bonds. The summed E-state index contributed by atoms with van der Waals surface area (Å²) in [6, 6.07) is 8.26. The number of benzene rings is 1. The number of sulfonamides is 1. The van der Waals surface area contributed by atoms with Crippen LogP contribution in [0.5, 0.6) is 0 Å². The predicted octanol–water partition coefficient (Wildman–Crippen LogP) is 0.554. The van der Waals surface area contributed by atoms with Gasteiger partial charge in [-0.2, -0.15) is 9.57 Å². The van der Waals surface area contributed by atoms with Crippen molar-refractivity contribution in [1.82, 2.24) is 9.21 Å². The van der Waals surface area contributed by atoms with Gasteiger partial charge in [-0.15, -0.1) is 0 Å². The molecule has 1 aromatic carbocycles. The highest BCUT2D eigenvalue weighted by atomic mass is 32.2. The Morgan fingerprint density at radius 2 is 1.90 bits per heavy atom. The normalized spacial score (nSPS) is 20.3. The molecule has 0 N–H and O–H groups in total. The lowest BCUT2D eigenvalue weighted by Crippen LogP contribution is -2.52. The van der Waals surface area contributed by atoms with Crippen molar-refractivity contribution >= 4 is 15.9 Å². The summed E-state index contributed by atoms with van der Waals surface area (Å²) in [5, 5.41) is 9.05. The third kappa shape index (κ3) is 2.52. The molecule has 21 heavy (non-hydrogen) atoms. The summed E-state index contributed by atoms with van der Waals surface area (Å²) in [4.78, 5) is 13.8. The molecule has 0 radical (unpaired) electrons. The van der Waals surface area contributed by atoms with Gasteiger partial charge in [-0.1, -0.05) is 12.1 Å². The lowest BCUT2D eigenvalue weighted by molar-refractivity contribution is -0.134. The topological polar surface area (TPSA) is 81.5 Å². The Balaban J connectivity index is 1.86. The molecule has 1 aromatic rings. The largest absolute Gasteiger partial charge is 0.337 e. The molecule has 3 rings (SSSR count). The number of nitriles is 1. The fourth-order valence-corrected chi connectivity index (χ4v) is 4.09. The Morgan fingerprint density at radius 1 is 1.19 bits per heavy atom. The van der Waals surface area contributed by atoms with E-state index >= 15 is 0 Å². The lowest BCUT2D eigenvalue weighted by Gasteiger charge is -2.33. The van der Waals surface area contributed by atoms with E-state index in [1.54, 1.807) is 17.0 Å². The summed E-state index contributed by atoms with van der Waals surface area (Å²) < 4.78 is 26.4. The minimum atomic E-state index is -3.80. The highest BCUT2D eigenvalue weighted by Gasteiger charge is 2.39. The van der Waals surface area contributed by atoms with Crippen LogP contribution in [0.1, 0.15) is 18.4 Å². The van der Waals surface area contributed by atoms with E-state index in [4.69, 9.17) is 5.26 Å². The summed E-state index contributed by atoms with van der Waals surface area (Å²) in [6.45, 7) is 0.570. The molecule has 1 saturated heterocycles. The molecule has 0 bridgehead atoms. The molecule has 0 aromatic heterocycles. The molecule has 1 saturated carbocycles. The van der Waals surface area contributed by atoms with Crippen LogP contribution in [0.15, 0.2) is 29.2 Å². The van der Waals surface area contributed by atoms with E-state index in [2.05, 4.69) is 0 Å². The number of amides is 1. The quantitative estimate of drug-likeness (QED) is 0.817. The van der Waals surface area contributed by atoms with E-state index in [0.29, 0.717) is 12.6 Å². The Hall–Kier alpha value is -1.91. The van der Waals surface area contributed by atoms with Crippen molar-refractivity contribution in [2.24, 2.45) is 0 Å². The van der Waals surface area contributed by atoms with Crippen LogP contribution in [-0.2, 0) is 14.8 Å². The van der Waals surface area contributed by atoms with Gasteiger partial charge < -0.3 is 4.90 Å². The zero-order chi connectivity index (χ0) is 15.0. The molecule has 1 heterocycles. The van der Waals surface area contributed by atoms with E-state index in [1.165, 1.54) is 16.4 Å². The minimum absolute atomic E-state index is 0.0276.